The fourth-order valence-electron chi connectivity index (χ4n) is 0.990. The summed E-state index contributed by atoms with van der Waals surface area (Å²) >= 11 is 0. The molecule has 5 heteroatoms. The SMILES string of the molecule is O=C(CCS(=O)(=O)O)c1ccccc1. The molecule has 0 aromatic heterocycles. The lowest BCUT2D eigenvalue weighted by molar-refractivity contribution is 0.0988. The number of carbonyl (C=O) groups excluding carboxylic acids is 1. The molecule has 0 spiro atoms. The van der Waals surface area contributed by atoms with Gasteiger partial charge in [0.15, 0.2) is 5.78 Å². The van der Waals surface area contributed by atoms with Gasteiger partial charge in [-0.25, -0.2) is 0 Å². The predicted molar refractivity (Wildman–Crippen MR) is 51.8 cm³/mol. The molecular weight excluding hydrogens is 204 g/mol. The van der Waals surface area contributed by atoms with Crippen LogP contribution in [0.5, 0.6) is 0 Å². The van der Waals surface area contributed by atoms with Gasteiger partial charge in [-0.3, -0.25) is 9.35 Å². The van der Waals surface area contributed by atoms with E-state index in [4.69, 9.17) is 4.55 Å². The third-order valence-electron chi connectivity index (χ3n) is 1.68. The molecule has 1 rings (SSSR count). The van der Waals surface area contributed by atoms with Crippen molar-refractivity contribution in [3.05, 3.63) is 35.9 Å². The fourth-order valence-corrected chi connectivity index (χ4v) is 1.43. The maximum absolute atomic E-state index is 11.3. The van der Waals surface area contributed by atoms with Gasteiger partial charge >= 0.3 is 0 Å². The first kappa shape index (κ1) is 10.9. The minimum absolute atomic E-state index is 0.192. The Hall–Kier alpha value is -1.20. The quantitative estimate of drug-likeness (QED) is 0.602. The van der Waals surface area contributed by atoms with Gasteiger partial charge in [-0.05, 0) is 0 Å². The summed E-state index contributed by atoms with van der Waals surface area (Å²) < 4.78 is 29.2. The van der Waals surface area contributed by atoms with Crippen LogP contribution in [0, 0.1) is 0 Å². The van der Waals surface area contributed by atoms with E-state index in [9.17, 15) is 13.2 Å². The highest BCUT2D eigenvalue weighted by Gasteiger charge is 2.10. The van der Waals surface area contributed by atoms with Crippen molar-refractivity contribution in [2.24, 2.45) is 0 Å². The Morgan fingerprint density at radius 3 is 2.29 bits per heavy atom. The molecule has 0 fully saturated rings. The zero-order valence-corrected chi connectivity index (χ0v) is 8.20. The summed E-state index contributed by atoms with van der Waals surface area (Å²) in [5.74, 6) is -0.816. The van der Waals surface area contributed by atoms with Gasteiger partial charge < -0.3 is 0 Å². The van der Waals surface area contributed by atoms with E-state index in [0.29, 0.717) is 5.56 Å². The molecule has 1 aromatic carbocycles. The highest BCUT2D eigenvalue weighted by Crippen LogP contribution is 2.03. The number of Topliss-reactive ketones (excluding diaryl/α,β-unsaturated/α-hetero) is 1. The molecule has 76 valence electrons. The smallest absolute Gasteiger partial charge is 0.265 e. The normalized spacial score (nSPS) is 11.2. The van der Waals surface area contributed by atoms with Gasteiger partial charge in [0.1, 0.15) is 0 Å². The Morgan fingerprint density at radius 1 is 1.21 bits per heavy atom. The topological polar surface area (TPSA) is 71.4 Å². The standard InChI is InChI=1S/C9H10O4S/c10-9(6-7-14(11,12)13)8-4-2-1-3-5-8/h1-5H,6-7H2,(H,11,12,13). The Bertz CT molecular complexity index is 408. The minimum atomic E-state index is -4.05. The minimum Gasteiger partial charge on any atom is -0.294 e. The van der Waals surface area contributed by atoms with Crippen molar-refractivity contribution < 1.29 is 17.8 Å². The molecule has 1 aromatic rings. The lowest BCUT2D eigenvalue weighted by Crippen LogP contribution is -2.09. The Balaban J connectivity index is 2.61. The van der Waals surface area contributed by atoms with E-state index < -0.39 is 15.9 Å². The summed E-state index contributed by atoms with van der Waals surface area (Å²) in [5.41, 5.74) is 0.455. The highest BCUT2D eigenvalue weighted by atomic mass is 32.2. The zero-order chi connectivity index (χ0) is 10.6. The second-order valence-corrected chi connectivity index (χ2v) is 4.40. The summed E-state index contributed by atoms with van der Waals surface area (Å²) in [5, 5.41) is 0. The number of carbonyl (C=O) groups is 1. The molecule has 0 atom stereocenters. The van der Waals surface area contributed by atoms with Crippen molar-refractivity contribution in [1.82, 2.24) is 0 Å². The van der Waals surface area contributed by atoms with Gasteiger partial charge in [0.2, 0.25) is 0 Å². The van der Waals surface area contributed by atoms with Crippen LogP contribution in [0.2, 0.25) is 0 Å². The van der Waals surface area contributed by atoms with Crippen LogP contribution < -0.4 is 0 Å². The van der Waals surface area contributed by atoms with Crippen LogP contribution in [0.3, 0.4) is 0 Å². The second-order valence-electron chi connectivity index (χ2n) is 2.83. The zero-order valence-electron chi connectivity index (χ0n) is 7.38. The van der Waals surface area contributed by atoms with Crippen LogP contribution in [0.1, 0.15) is 16.8 Å². The van der Waals surface area contributed by atoms with Crippen LogP contribution in [0.25, 0.3) is 0 Å². The van der Waals surface area contributed by atoms with Crippen LogP contribution in [0.4, 0.5) is 0 Å². The Morgan fingerprint density at radius 2 is 1.79 bits per heavy atom. The van der Waals surface area contributed by atoms with E-state index in [0.717, 1.165) is 0 Å². The van der Waals surface area contributed by atoms with Gasteiger partial charge in [0.05, 0.1) is 5.75 Å². The Labute approximate surface area is 82.3 Å². The molecule has 0 aliphatic carbocycles. The molecule has 0 aliphatic rings. The summed E-state index contributed by atoms with van der Waals surface area (Å²) in [6.07, 6.45) is -0.192. The average Bonchev–Trinajstić information content (AvgIpc) is 2.14. The Kier molecular flexibility index (Phi) is 3.38. The van der Waals surface area contributed by atoms with Gasteiger partial charge in [0.25, 0.3) is 10.1 Å². The van der Waals surface area contributed by atoms with Gasteiger partial charge in [-0.1, -0.05) is 30.3 Å². The molecule has 0 saturated heterocycles. The van der Waals surface area contributed by atoms with E-state index in [-0.39, 0.29) is 12.2 Å². The summed E-state index contributed by atoms with van der Waals surface area (Å²) in [6, 6.07) is 8.36. The first-order valence-electron chi connectivity index (χ1n) is 4.02. The molecule has 0 amide bonds. The molecule has 0 bridgehead atoms. The first-order valence-corrected chi connectivity index (χ1v) is 5.63. The number of hydrogen-bond donors (Lipinski definition) is 1. The third-order valence-corrected chi connectivity index (χ3v) is 2.40. The molecule has 4 nitrogen and oxygen atoms in total. The van der Waals surface area contributed by atoms with Crippen molar-refractivity contribution in [2.45, 2.75) is 6.42 Å². The number of ketones is 1. The van der Waals surface area contributed by atoms with E-state index in [1.165, 1.54) is 0 Å². The monoisotopic (exact) mass is 214 g/mol. The van der Waals surface area contributed by atoms with Crippen LogP contribution in [-0.4, -0.2) is 24.5 Å². The van der Waals surface area contributed by atoms with Gasteiger partial charge in [-0.15, -0.1) is 0 Å². The molecule has 0 aliphatic heterocycles. The lowest BCUT2D eigenvalue weighted by Gasteiger charge is -1.98. The third kappa shape index (κ3) is 3.68. The van der Waals surface area contributed by atoms with Crippen molar-refractivity contribution in [3.63, 3.8) is 0 Å². The van der Waals surface area contributed by atoms with Crippen molar-refractivity contribution in [3.8, 4) is 0 Å². The van der Waals surface area contributed by atoms with Crippen molar-refractivity contribution in [1.29, 1.82) is 0 Å². The van der Waals surface area contributed by atoms with Gasteiger partial charge in [-0.2, -0.15) is 8.42 Å². The largest absolute Gasteiger partial charge is 0.294 e. The van der Waals surface area contributed by atoms with Crippen molar-refractivity contribution >= 4 is 15.9 Å². The first-order chi connectivity index (χ1) is 6.49. The molecule has 1 N–H and O–H groups in total. The molecule has 0 heterocycles. The highest BCUT2D eigenvalue weighted by molar-refractivity contribution is 7.85. The lowest BCUT2D eigenvalue weighted by atomic mass is 10.1. The predicted octanol–water partition coefficient (Wildman–Crippen LogP) is 1.15. The van der Waals surface area contributed by atoms with E-state index in [1.807, 2.05) is 0 Å². The van der Waals surface area contributed by atoms with Crippen LogP contribution >= 0.6 is 0 Å². The molecular formula is C9H10O4S. The van der Waals surface area contributed by atoms with E-state index >= 15 is 0 Å². The molecule has 14 heavy (non-hydrogen) atoms. The molecule has 0 saturated carbocycles. The maximum Gasteiger partial charge on any atom is 0.265 e. The van der Waals surface area contributed by atoms with Gasteiger partial charge in [0, 0.05) is 12.0 Å². The maximum atomic E-state index is 11.3. The van der Waals surface area contributed by atoms with Crippen LogP contribution in [-0.2, 0) is 10.1 Å². The van der Waals surface area contributed by atoms with Crippen molar-refractivity contribution in [2.75, 3.05) is 5.75 Å². The van der Waals surface area contributed by atoms with E-state index in [1.54, 1.807) is 30.3 Å². The van der Waals surface area contributed by atoms with E-state index in [2.05, 4.69) is 0 Å². The average molecular weight is 214 g/mol. The summed E-state index contributed by atoms with van der Waals surface area (Å²) in [6.45, 7) is 0. The molecule has 0 radical (unpaired) electrons. The summed E-state index contributed by atoms with van der Waals surface area (Å²) in [4.78, 5) is 11.3. The number of benzene rings is 1. The number of rotatable bonds is 4. The fraction of sp³-hybridized carbons (Fsp3) is 0.222. The van der Waals surface area contributed by atoms with Crippen LogP contribution in [0.15, 0.2) is 30.3 Å². The second kappa shape index (κ2) is 4.34. The molecule has 0 unspecified atom stereocenters. The summed E-state index contributed by atoms with van der Waals surface area (Å²) in [7, 11) is -4.05. The number of hydrogen-bond acceptors (Lipinski definition) is 3.